The van der Waals surface area contributed by atoms with E-state index in [0.717, 1.165) is 12.8 Å². The monoisotopic (exact) mass is 156 g/mol. The van der Waals surface area contributed by atoms with Crippen molar-refractivity contribution >= 4 is 0 Å². The van der Waals surface area contributed by atoms with Gasteiger partial charge in [-0.2, -0.15) is 0 Å². The molecule has 0 N–H and O–H groups in total. The number of hydrogen-bond acceptors (Lipinski definition) is 2. The summed E-state index contributed by atoms with van der Waals surface area (Å²) in [6.07, 6.45) is 6.66. The molecule has 1 unspecified atom stereocenters. The maximum atomic E-state index is 5.27. The standard InChI is InChI=1S/C9H16O2/c1-4-6-7-8-11-9(3)10-5-2/h1,9H,5-8H2,2-3H3. The van der Waals surface area contributed by atoms with Gasteiger partial charge in [0.2, 0.25) is 0 Å². The Labute approximate surface area is 68.9 Å². The van der Waals surface area contributed by atoms with Crippen LogP contribution in [0.3, 0.4) is 0 Å². The van der Waals surface area contributed by atoms with Gasteiger partial charge in [0.1, 0.15) is 0 Å². The van der Waals surface area contributed by atoms with Crippen molar-refractivity contribution in [3.63, 3.8) is 0 Å². The van der Waals surface area contributed by atoms with E-state index in [-0.39, 0.29) is 6.29 Å². The molecule has 0 bridgehead atoms. The van der Waals surface area contributed by atoms with Gasteiger partial charge in [0.25, 0.3) is 0 Å². The number of terminal acetylenes is 1. The summed E-state index contributed by atoms with van der Waals surface area (Å²) in [4.78, 5) is 0. The Hall–Kier alpha value is -0.520. The van der Waals surface area contributed by atoms with E-state index in [1.165, 1.54) is 0 Å². The summed E-state index contributed by atoms with van der Waals surface area (Å²) in [6, 6.07) is 0. The first-order chi connectivity index (χ1) is 5.31. The van der Waals surface area contributed by atoms with Gasteiger partial charge in [0, 0.05) is 13.0 Å². The average Bonchev–Trinajstić information content (AvgIpc) is 1.99. The third kappa shape index (κ3) is 7.38. The summed E-state index contributed by atoms with van der Waals surface area (Å²) in [5.74, 6) is 2.55. The summed E-state index contributed by atoms with van der Waals surface area (Å²) in [5.41, 5.74) is 0. The lowest BCUT2D eigenvalue weighted by atomic mass is 10.3. The quantitative estimate of drug-likeness (QED) is 0.331. The Balaban J connectivity index is 3.05. The molecule has 64 valence electrons. The van der Waals surface area contributed by atoms with Gasteiger partial charge >= 0.3 is 0 Å². The lowest BCUT2D eigenvalue weighted by Gasteiger charge is -2.11. The van der Waals surface area contributed by atoms with Gasteiger partial charge in [-0.05, 0) is 20.3 Å². The molecule has 2 nitrogen and oxygen atoms in total. The highest BCUT2D eigenvalue weighted by atomic mass is 16.7. The van der Waals surface area contributed by atoms with Crippen LogP contribution < -0.4 is 0 Å². The Bertz CT molecular complexity index is 115. The summed E-state index contributed by atoms with van der Waals surface area (Å²) in [7, 11) is 0. The number of unbranched alkanes of at least 4 members (excludes halogenated alkanes) is 1. The van der Waals surface area contributed by atoms with Crippen LogP contribution in [0.4, 0.5) is 0 Å². The highest BCUT2D eigenvalue weighted by Crippen LogP contribution is 1.95. The van der Waals surface area contributed by atoms with E-state index in [4.69, 9.17) is 15.9 Å². The number of hydrogen-bond donors (Lipinski definition) is 0. The highest BCUT2D eigenvalue weighted by molar-refractivity contribution is 4.82. The largest absolute Gasteiger partial charge is 0.353 e. The van der Waals surface area contributed by atoms with Crippen LogP contribution >= 0.6 is 0 Å². The molecule has 0 aliphatic rings. The summed E-state index contributed by atoms with van der Waals surface area (Å²) < 4.78 is 10.4. The molecule has 0 heterocycles. The fourth-order valence-corrected chi connectivity index (χ4v) is 0.706. The van der Waals surface area contributed by atoms with Crippen LogP contribution in [0.25, 0.3) is 0 Å². The van der Waals surface area contributed by atoms with Crippen molar-refractivity contribution in [3.8, 4) is 12.3 Å². The van der Waals surface area contributed by atoms with Crippen LogP contribution in [0.5, 0.6) is 0 Å². The first-order valence-corrected chi connectivity index (χ1v) is 3.98. The van der Waals surface area contributed by atoms with Gasteiger partial charge in [-0.25, -0.2) is 0 Å². The van der Waals surface area contributed by atoms with E-state index < -0.39 is 0 Å². The molecule has 2 heteroatoms. The van der Waals surface area contributed by atoms with Crippen molar-refractivity contribution in [1.82, 2.24) is 0 Å². The minimum Gasteiger partial charge on any atom is -0.353 e. The maximum absolute atomic E-state index is 5.27. The zero-order valence-corrected chi connectivity index (χ0v) is 7.30. The third-order valence-electron chi connectivity index (χ3n) is 1.22. The maximum Gasteiger partial charge on any atom is 0.154 e. The highest BCUT2D eigenvalue weighted by Gasteiger charge is 1.97. The van der Waals surface area contributed by atoms with Gasteiger partial charge in [-0.3, -0.25) is 0 Å². The molecule has 0 aliphatic carbocycles. The molecule has 11 heavy (non-hydrogen) atoms. The smallest absolute Gasteiger partial charge is 0.154 e. The molecule has 0 amide bonds. The van der Waals surface area contributed by atoms with E-state index in [1.54, 1.807) is 0 Å². The second-order valence-corrected chi connectivity index (χ2v) is 2.20. The minimum atomic E-state index is -0.0993. The van der Waals surface area contributed by atoms with E-state index in [2.05, 4.69) is 5.92 Å². The SMILES string of the molecule is C#CCCCOC(C)OCC. The topological polar surface area (TPSA) is 18.5 Å². The van der Waals surface area contributed by atoms with Gasteiger partial charge in [0.05, 0.1) is 6.61 Å². The van der Waals surface area contributed by atoms with Crippen LogP contribution in [0, 0.1) is 12.3 Å². The Kier molecular flexibility index (Phi) is 7.23. The molecule has 0 aromatic heterocycles. The third-order valence-corrected chi connectivity index (χ3v) is 1.22. The molecular weight excluding hydrogens is 140 g/mol. The molecular formula is C9H16O2. The summed E-state index contributed by atoms with van der Waals surface area (Å²) in [5, 5.41) is 0. The van der Waals surface area contributed by atoms with Gasteiger partial charge in [-0.1, -0.05) is 0 Å². The van der Waals surface area contributed by atoms with Crippen molar-refractivity contribution in [2.24, 2.45) is 0 Å². The number of ether oxygens (including phenoxy) is 2. The molecule has 0 saturated heterocycles. The van der Waals surface area contributed by atoms with Gasteiger partial charge < -0.3 is 9.47 Å². The lowest BCUT2D eigenvalue weighted by Crippen LogP contribution is -2.13. The number of rotatable bonds is 6. The second kappa shape index (κ2) is 7.59. The normalized spacial score (nSPS) is 12.5. The van der Waals surface area contributed by atoms with Crippen molar-refractivity contribution in [3.05, 3.63) is 0 Å². The Morgan fingerprint density at radius 1 is 1.45 bits per heavy atom. The first kappa shape index (κ1) is 10.5. The van der Waals surface area contributed by atoms with Crippen LogP contribution in [-0.2, 0) is 9.47 Å². The molecule has 0 aromatic carbocycles. The predicted molar refractivity (Wildman–Crippen MR) is 45.1 cm³/mol. The van der Waals surface area contributed by atoms with E-state index in [1.807, 2.05) is 13.8 Å². The molecule has 0 fully saturated rings. The fourth-order valence-electron chi connectivity index (χ4n) is 0.706. The molecule has 0 aromatic rings. The van der Waals surface area contributed by atoms with E-state index >= 15 is 0 Å². The Morgan fingerprint density at radius 3 is 2.73 bits per heavy atom. The molecule has 0 rings (SSSR count). The zero-order valence-electron chi connectivity index (χ0n) is 7.30. The van der Waals surface area contributed by atoms with Crippen LogP contribution in [0.15, 0.2) is 0 Å². The van der Waals surface area contributed by atoms with Crippen molar-refractivity contribution in [2.75, 3.05) is 13.2 Å². The first-order valence-electron chi connectivity index (χ1n) is 3.98. The predicted octanol–water partition coefficient (Wildman–Crippen LogP) is 1.80. The Morgan fingerprint density at radius 2 is 2.18 bits per heavy atom. The summed E-state index contributed by atoms with van der Waals surface area (Å²) >= 11 is 0. The molecule has 0 aliphatic heterocycles. The van der Waals surface area contributed by atoms with E-state index in [9.17, 15) is 0 Å². The fraction of sp³-hybridized carbons (Fsp3) is 0.778. The van der Waals surface area contributed by atoms with Gasteiger partial charge in [-0.15, -0.1) is 12.3 Å². The zero-order chi connectivity index (χ0) is 8.53. The molecule has 0 radical (unpaired) electrons. The second-order valence-electron chi connectivity index (χ2n) is 2.20. The average molecular weight is 156 g/mol. The van der Waals surface area contributed by atoms with Crippen LogP contribution in [0.2, 0.25) is 0 Å². The minimum absolute atomic E-state index is 0.0993. The lowest BCUT2D eigenvalue weighted by molar-refractivity contribution is -0.127. The van der Waals surface area contributed by atoms with Crippen molar-refractivity contribution < 1.29 is 9.47 Å². The molecule has 0 spiro atoms. The summed E-state index contributed by atoms with van der Waals surface area (Å²) in [6.45, 7) is 5.21. The van der Waals surface area contributed by atoms with Gasteiger partial charge in [0.15, 0.2) is 6.29 Å². The van der Waals surface area contributed by atoms with Crippen molar-refractivity contribution in [2.45, 2.75) is 33.0 Å². The molecule has 0 saturated carbocycles. The van der Waals surface area contributed by atoms with Crippen LogP contribution in [0.1, 0.15) is 26.7 Å². The van der Waals surface area contributed by atoms with E-state index in [0.29, 0.717) is 13.2 Å². The molecule has 1 atom stereocenters. The van der Waals surface area contributed by atoms with Crippen LogP contribution in [-0.4, -0.2) is 19.5 Å². The van der Waals surface area contributed by atoms with Crippen molar-refractivity contribution in [1.29, 1.82) is 0 Å².